The molecule has 3 saturated heterocycles. The predicted molar refractivity (Wildman–Crippen MR) is 118 cm³/mol. The first-order valence-corrected chi connectivity index (χ1v) is 12.5. The van der Waals surface area contributed by atoms with Crippen molar-refractivity contribution in [1.82, 2.24) is 19.9 Å². The highest BCUT2D eigenvalue weighted by Crippen LogP contribution is 2.32. The number of nitrogens with zero attached hydrogens (tertiary/aromatic N) is 4. The Labute approximate surface area is 186 Å². The van der Waals surface area contributed by atoms with Gasteiger partial charge < -0.3 is 14.2 Å². The molecule has 0 aliphatic carbocycles. The van der Waals surface area contributed by atoms with Crippen LogP contribution in [0.1, 0.15) is 76.9 Å². The zero-order valence-corrected chi connectivity index (χ0v) is 19.4. The van der Waals surface area contributed by atoms with Gasteiger partial charge in [-0.15, -0.1) is 0 Å². The van der Waals surface area contributed by atoms with Crippen molar-refractivity contribution >= 4 is 5.91 Å². The summed E-state index contributed by atoms with van der Waals surface area (Å²) in [6, 6.07) is 0.418. The van der Waals surface area contributed by atoms with Gasteiger partial charge in [0.1, 0.15) is 0 Å². The van der Waals surface area contributed by atoms with E-state index in [0.717, 1.165) is 89.6 Å². The predicted octanol–water partition coefficient (Wildman–Crippen LogP) is 3.68. The lowest BCUT2D eigenvalue weighted by atomic mass is 9.85. The molecule has 7 nitrogen and oxygen atoms in total. The number of likely N-dealkylation sites (tertiary alicyclic amines) is 2. The van der Waals surface area contributed by atoms with Gasteiger partial charge in [-0.2, -0.15) is 4.98 Å². The molecule has 1 aromatic rings. The van der Waals surface area contributed by atoms with Crippen LogP contribution in [0.4, 0.5) is 0 Å². The van der Waals surface area contributed by atoms with Gasteiger partial charge in [-0.05, 0) is 63.5 Å². The number of aromatic nitrogens is 2. The number of hydrogen-bond donors (Lipinski definition) is 0. The summed E-state index contributed by atoms with van der Waals surface area (Å²) in [6.45, 7) is 9.60. The summed E-state index contributed by atoms with van der Waals surface area (Å²) in [5.74, 6) is 3.28. The van der Waals surface area contributed by atoms with Crippen molar-refractivity contribution in [2.45, 2.75) is 84.2 Å². The van der Waals surface area contributed by atoms with Crippen molar-refractivity contribution < 1.29 is 14.1 Å². The van der Waals surface area contributed by atoms with Crippen LogP contribution >= 0.6 is 0 Å². The highest BCUT2D eigenvalue weighted by molar-refractivity contribution is 5.79. The van der Waals surface area contributed by atoms with Gasteiger partial charge in [-0.3, -0.25) is 9.69 Å². The van der Waals surface area contributed by atoms with Gasteiger partial charge in [0.2, 0.25) is 11.8 Å². The van der Waals surface area contributed by atoms with Crippen LogP contribution < -0.4 is 0 Å². The van der Waals surface area contributed by atoms with E-state index in [1.54, 1.807) is 0 Å². The average Bonchev–Trinajstić information content (AvgIpc) is 3.06. The largest absolute Gasteiger partial charge is 0.381 e. The van der Waals surface area contributed by atoms with Crippen molar-refractivity contribution in [2.24, 2.45) is 17.8 Å². The maximum absolute atomic E-state index is 13.4. The van der Waals surface area contributed by atoms with Crippen LogP contribution in [-0.4, -0.2) is 64.7 Å². The molecule has 0 spiro atoms. The third-order valence-corrected chi connectivity index (χ3v) is 7.29. The number of ether oxygens (including phenoxy) is 1. The zero-order valence-electron chi connectivity index (χ0n) is 19.4. The van der Waals surface area contributed by atoms with Gasteiger partial charge in [0.25, 0.3) is 0 Å². The van der Waals surface area contributed by atoms with Crippen LogP contribution in [-0.2, 0) is 22.5 Å². The second kappa shape index (κ2) is 10.9. The first kappa shape index (κ1) is 22.7. The molecule has 1 unspecified atom stereocenters. The van der Waals surface area contributed by atoms with Gasteiger partial charge in [0.05, 0.1) is 6.54 Å². The van der Waals surface area contributed by atoms with Crippen molar-refractivity contribution in [3.63, 3.8) is 0 Å². The second-order valence-corrected chi connectivity index (χ2v) is 10.2. The average molecular weight is 433 g/mol. The Bertz CT molecular complexity index is 693. The van der Waals surface area contributed by atoms with Crippen LogP contribution in [0.5, 0.6) is 0 Å². The maximum Gasteiger partial charge on any atom is 0.240 e. The minimum atomic E-state index is 0.173. The van der Waals surface area contributed by atoms with Crippen LogP contribution in [0.3, 0.4) is 0 Å². The molecule has 31 heavy (non-hydrogen) atoms. The van der Waals surface area contributed by atoms with Crippen LogP contribution in [0, 0.1) is 17.8 Å². The number of piperidine rings is 1. The van der Waals surface area contributed by atoms with Crippen LogP contribution in [0.2, 0.25) is 0 Å². The first-order valence-electron chi connectivity index (χ1n) is 12.5. The quantitative estimate of drug-likeness (QED) is 0.683. The number of rotatable bonds is 6. The summed E-state index contributed by atoms with van der Waals surface area (Å²) >= 11 is 0. The first-order chi connectivity index (χ1) is 15.1. The molecule has 3 aliphatic heterocycles. The third-order valence-electron chi connectivity index (χ3n) is 7.29. The molecule has 0 bridgehead atoms. The monoisotopic (exact) mass is 432 g/mol. The molecule has 0 N–H and O–H groups in total. The lowest BCUT2D eigenvalue weighted by molar-refractivity contribution is -0.142. The van der Waals surface area contributed by atoms with Gasteiger partial charge in [0, 0.05) is 38.1 Å². The van der Waals surface area contributed by atoms with Gasteiger partial charge in [-0.25, -0.2) is 0 Å². The minimum Gasteiger partial charge on any atom is -0.381 e. The number of carbonyl (C=O) groups excluding carboxylic acids is 1. The van der Waals surface area contributed by atoms with Gasteiger partial charge >= 0.3 is 0 Å². The molecule has 4 heterocycles. The molecular weight excluding hydrogens is 392 g/mol. The molecule has 1 aromatic heterocycles. The van der Waals surface area contributed by atoms with E-state index >= 15 is 0 Å². The second-order valence-electron chi connectivity index (χ2n) is 10.2. The molecule has 1 atom stereocenters. The van der Waals surface area contributed by atoms with E-state index in [9.17, 15) is 4.79 Å². The maximum atomic E-state index is 13.4. The molecule has 174 valence electrons. The standard InChI is InChI=1S/C24H40N4O3/c1-18(2)16-22-25-23(31-26-22)17-27-12-7-19(8-13-27)21-6-4-3-5-11-28(21)24(29)20-9-14-30-15-10-20/h18-21H,3-17H2,1-2H3. The van der Waals surface area contributed by atoms with Crippen molar-refractivity contribution in [2.75, 3.05) is 32.8 Å². The van der Waals surface area contributed by atoms with Crippen LogP contribution in [0.25, 0.3) is 0 Å². The zero-order chi connectivity index (χ0) is 21.6. The molecule has 3 aliphatic rings. The van der Waals surface area contributed by atoms with Gasteiger partial charge in [0.15, 0.2) is 5.82 Å². The fraction of sp³-hybridized carbons (Fsp3) is 0.875. The lowest BCUT2D eigenvalue weighted by Gasteiger charge is -2.42. The molecule has 0 aromatic carbocycles. The molecule has 0 radical (unpaired) electrons. The van der Waals surface area contributed by atoms with Crippen molar-refractivity contribution in [3.8, 4) is 0 Å². The van der Waals surface area contributed by atoms with Crippen molar-refractivity contribution in [3.05, 3.63) is 11.7 Å². The molecule has 7 heteroatoms. The summed E-state index contributed by atoms with van der Waals surface area (Å²) in [7, 11) is 0. The minimum absolute atomic E-state index is 0.173. The van der Waals surface area contributed by atoms with Crippen molar-refractivity contribution in [1.29, 1.82) is 0 Å². The molecule has 0 saturated carbocycles. The van der Waals surface area contributed by atoms with Gasteiger partial charge in [-0.1, -0.05) is 31.8 Å². The Kier molecular flexibility index (Phi) is 7.99. The summed E-state index contributed by atoms with van der Waals surface area (Å²) in [5, 5.41) is 4.13. The molecule has 1 amide bonds. The molecule has 3 fully saturated rings. The lowest BCUT2D eigenvalue weighted by Crippen LogP contribution is -2.50. The smallest absolute Gasteiger partial charge is 0.240 e. The third kappa shape index (κ3) is 6.07. The van der Waals surface area contributed by atoms with E-state index in [1.807, 2.05) is 0 Å². The fourth-order valence-electron chi connectivity index (χ4n) is 5.57. The normalized spacial score (nSPS) is 25.1. The van der Waals surface area contributed by atoms with E-state index < -0.39 is 0 Å². The summed E-state index contributed by atoms with van der Waals surface area (Å²) in [6.07, 6.45) is 9.77. The fourth-order valence-corrected chi connectivity index (χ4v) is 5.57. The summed E-state index contributed by atoms with van der Waals surface area (Å²) < 4.78 is 11.0. The Morgan fingerprint density at radius 1 is 1.03 bits per heavy atom. The Morgan fingerprint density at radius 2 is 1.81 bits per heavy atom. The summed E-state index contributed by atoms with van der Waals surface area (Å²) in [5.41, 5.74) is 0. The van der Waals surface area contributed by atoms with E-state index in [0.29, 0.717) is 23.8 Å². The Balaban J connectivity index is 1.32. The molecular formula is C24H40N4O3. The molecule has 4 rings (SSSR count). The summed E-state index contributed by atoms with van der Waals surface area (Å²) in [4.78, 5) is 22.7. The van der Waals surface area contributed by atoms with E-state index in [-0.39, 0.29) is 5.92 Å². The highest BCUT2D eigenvalue weighted by Gasteiger charge is 2.36. The Hall–Kier alpha value is -1.47. The van der Waals surface area contributed by atoms with E-state index in [4.69, 9.17) is 9.26 Å². The SMILES string of the molecule is CC(C)Cc1noc(CN2CCC(C3CCCCCN3C(=O)C3CCOCC3)CC2)n1. The Morgan fingerprint density at radius 3 is 2.55 bits per heavy atom. The highest BCUT2D eigenvalue weighted by atomic mass is 16.5. The van der Waals surface area contributed by atoms with E-state index in [2.05, 4.69) is 33.8 Å². The van der Waals surface area contributed by atoms with Crippen LogP contribution in [0.15, 0.2) is 4.52 Å². The number of carbonyl (C=O) groups is 1. The topological polar surface area (TPSA) is 71.7 Å². The number of hydrogen-bond acceptors (Lipinski definition) is 6. The van der Waals surface area contributed by atoms with E-state index in [1.165, 1.54) is 19.3 Å². The number of amides is 1.